The molecular weight excluding hydrogens is 162 g/mol. The Morgan fingerprint density at radius 1 is 1.31 bits per heavy atom. The summed E-state index contributed by atoms with van der Waals surface area (Å²) >= 11 is 0. The number of hydrogen-bond donors (Lipinski definition) is 1. The molecule has 0 saturated heterocycles. The summed E-state index contributed by atoms with van der Waals surface area (Å²) in [6, 6.07) is 8.46. The minimum absolute atomic E-state index is 0.326. The van der Waals surface area contributed by atoms with Gasteiger partial charge in [-0.05, 0) is 24.5 Å². The topological polar surface area (TPSA) is 23.5 Å². The Labute approximate surface area is 78.8 Å². The Morgan fingerprint density at radius 2 is 2.00 bits per heavy atom. The van der Waals surface area contributed by atoms with Gasteiger partial charge in [-0.3, -0.25) is 4.90 Å². The molecule has 0 fully saturated rings. The fourth-order valence-electron chi connectivity index (χ4n) is 1.84. The largest absolute Gasteiger partial charge is 0.379 e. The fraction of sp³-hybridized carbons (Fsp3) is 0.455. The van der Waals surface area contributed by atoms with Crippen molar-refractivity contribution in [2.45, 2.75) is 26.1 Å². The summed E-state index contributed by atoms with van der Waals surface area (Å²) < 4.78 is 0. The highest BCUT2D eigenvalue weighted by molar-refractivity contribution is 5.29. The third kappa shape index (κ3) is 1.74. The standard InChI is InChI=1S/C11H15NO/c1-9(13)12-7-6-10-4-2-3-5-11(10)8-12/h2-5,9,13H,6-8H2,1H3. The van der Waals surface area contributed by atoms with Crippen LogP contribution in [-0.4, -0.2) is 22.8 Å². The zero-order chi connectivity index (χ0) is 9.26. The number of rotatable bonds is 1. The lowest BCUT2D eigenvalue weighted by Crippen LogP contribution is -2.37. The summed E-state index contributed by atoms with van der Waals surface area (Å²) in [6.07, 6.45) is 0.731. The van der Waals surface area contributed by atoms with Crippen molar-refractivity contribution >= 4 is 0 Å². The first-order valence-corrected chi connectivity index (χ1v) is 4.76. The van der Waals surface area contributed by atoms with Gasteiger partial charge in [-0.15, -0.1) is 0 Å². The van der Waals surface area contributed by atoms with Crippen LogP contribution in [0.25, 0.3) is 0 Å². The van der Waals surface area contributed by atoms with Gasteiger partial charge >= 0.3 is 0 Å². The van der Waals surface area contributed by atoms with Gasteiger partial charge in [0.05, 0.1) is 0 Å². The second-order valence-corrected chi connectivity index (χ2v) is 3.62. The maximum Gasteiger partial charge on any atom is 0.104 e. The Balaban J connectivity index is 2.20. The van der Waals surface area contributed by atoms with Crippen LogP contribution < -0.4 is 0 Å². The molecule has 1 aliphatic heterocycles. The van der Waals surface area contributed by atoms with E-state index in [0.717, 1.165) is 19.5 Å². The summed E-state index contributed by atoms with van der Waals surface area (Å²) in [4.78, 5) is 2.09. The van der Waals surface area contributed by atoms with Crippen LogP contribution in [-0.2, 0) is 13.0 Å². The van der Waals surface area contributed by atoms with Crippen molar-refractivity contribution in [3.63, 3.8) is 0 Å². The summed E-state index contributed by atoms with van der Waals surface area (Å²) in [6.45, 7) is 3.68. The molecule has 0 spiro atoms. The highest BCUT2D eigenvalue weighted by Gasteiger charge is 2.17. The first-order valence-electron chi connectivity index (χ1n) is 4.76. The molecule has 0 radical (unpaired) electrons. The molecule has 2 rings (SSSR count). The SMILES string of the molecule is CC(O)N1CCc2ccccc2C1. The molecule has 0 saturated carbocycles. The highest BCUT2D eigenvalue weighted by atomic mass is 16.3. The average Bonchev–Trinajstić information content (AvgIpc) is 2.17. The van der Waals surface area contributed by atoms with Gasteiger partial charge < -0.3 is 5.11 Å². The van der Waals surface area contributed by atoms with Gasteiger partial charge in [0.1, 0.15) is 6.23 Å². The first kappa shape index (κ1) is 8.73. The smallest absolute Gasteiger partial charge is 0.104 e. The van der Waals surface area contributed by atoms with Gasteiger partial charge in [-0.1, -0.05) is 24.3 Å². The van der Waals surface area contributed by atoms with Gasteiger partial charge in [0.15, 0.2) is 0 Å². The molecule has 1 aromatic rings. The summed E-state index contributed by atoms with van der Waals surface area (Å²) in [5, 5.41) is 9.43. The number of fused-ring (bicyclic) bond motifs is 1. The number of benzene rings is 1. The van der Waals surface area contributed by atoms with Crippen LogP contribution in [0, 0.1) is 0 Å². The highest BCUT2D eigenvalue weighted by Crippen LogP contribution is 2.19. The van der Waals surface area contributed by atoms with Crippen LogP contribution in [0.2, 0.25) is 0 Å². The molecule has 0 amide bonds. The quantitative estimate of drug-likeness (QED) is 0.700. The van der Waals surface area contributed by atoms with E-state index in [4.69, 9.17) is 0 Å². The van der Waals surface area contributed by atoms with E-state index in [1.54, 1.807) is 0 Å². The van der Waals surface area contributed by atoms with Crippen LogP contribution in [0.5, 0.6) is 0 Å². The van der Waals surface area contributed by atoms with E-state index in [0.29, 0.717) is 0 Å². The van der Waals surface area contributed by atoms with E-state index in [9.17, 15) is 5.11 Å². The second-order valence-electron chi connectivity index (χ2n) is 3.62. The lowest BCUT2D eigenvalue weighted by atomic mass is 10.00. The molecule has 1 aromatic carbocycles. The minimum atomic E-state index is -0.326. The van der Waals surface area contributed by atoms with E-state index in [1.807, 2.05) is 6.92 Å². The predicted molar refractivity (Wildman–Crippen MR) is 52.2 cm³/mol. The predicted octanol–water partition coefficient (Wildman–Crippen LogP) is 1.38. The van der Waals surface area contributed by atoms with Crippen molar-refractivity contribution in [3.05, 3.63) is 35.4 Å². The first-order chi connectivity index (χ1) is 6.27. The van der Waals surface area contributed by atoms with Crippen molar-refractivity contribution < 1.29 is 5.11 Å². The molecule has 1 aliphatic rings. The molecular formula is C11H15NO. The van der Waals surface area contributed by atoms with Crippen LogP contribution >= 0.6 is 0 Å². The lowest BCUT2D eigenvalue weighted by Gasteiger charge is -2.30. The molecule has 2 nitrogen and oxygen atoms in total. The summed E-state index contributed by atoms with van der Waals surface area (Å²) in [5.74, 6) is 0. The van der Waals surface area contributed by atoms with Crippen LogP contribution in [0.3, 0.4) is 0 Å². The molecule has 2 heteroatoms. The van der Waals surface area contributed by atoms with E-state index < -0.39 is 0 Å². The normalized spacial score (nSPS) is 19.5. The zero-order valence-corrected chi connectivity index (χ0v) is 7.90. The summed E-state index contributed by atoms with van der Waals surface area (Å²) in [7, 11) is 0. The third-order valence-electron chi connectivity index (χ3n) is 2.69. The molecule has 0 bridgehead atoms. The van der Waals surface area contributed by atoms with Crippen molar-refractivity contribution in [1.82, 2.24) is 4.90 Å². The molecule has 1 atom stereocenters. The van der Waals surface area contributed by atoms with Crippen molar-refractivity contribution in [2.75, 3.05) is 6.54 Å². The van der Waals surface area contributed by atoms with Crippen LogP contribution in [0.4, 0.5) is 0 Å². The molecule has 70 valence electrons. The average molecular weight is 177 g/mol. The van der Waals surface area contributed by atoms with Gasteiger partial charge in [0.2, 0.25) is 0 Å². The number of hydrogen-bond acceptors (Lipinski definition) is 2. The Bertz CT molecular complexity index is 296. The Kier molecular flexibility index (Phi) is 2.34. The maximum atomic E-state index is 9.43. The molecule has 0 aliphatic carbocycles. The molecule has 0 aromatic heterocycles. The molecule has 1 N–H and O–H groups in total. The third-order valence-corrected chi connectivity index (χ3v) is 2.69. The van der Waals surface area contributed by atoms with E-state index in [2.05, 4.69) is 29.2 Å². The summed E-state index contributed by atoms with van der Waals surface area (Å²) in [5.41, 5.74) is 2.79. The number of aliphatic hydroxyl groups excluding tert-OH is 1. The number of aliphatic hydroxyl groups is 1. The maximum absolute atomic E-state index is 9.43. The van der Waals surface area contributed by atoms with Gasteiger partial charge in [-0.25, -0.2) is 0 Å². The zero-order valence-electron chi connectivity index (χ0n) is 7.90. The molecule has 1 heterocycles. The van der Waals surface area contributed by atoms with Crippen molar-refractivity contribution in [3.8, 4) is 0 Å². The lowest BCUT2D eigenvalue weighted by molar-refractivity contribution is 0.00918. The van der Waals surface area contributed by atoms with Crippen LogP contribution in [0.15, 0.2) is 24.3 Å². The second kappa shape index (κ2) is 3.48. The monoisotopic (exact) mass is 177 g/mol. The van der Waals surface area contributed by atoms with Crippen LogP contribution in [0.1, 0.15) is 18.1 Å². The number of nitrogens with zero attached hydrogens (tertiary/aromatic N) is 1. The van der Waals surface area contributed by atoms with Gasteiger partial charge in [0.25, 0.3) is 0 Å². The Hall–Kier alpha value is -0.860. The van der Waals surface area contributed by atoms with Crippen molar-refractivity contribution in [2.24, 2.45) is 0 Å². The van der Waals surface area contributed by atoms with E-state index in [1.165, 1.54) is 11.1 Å². The minimum Gasteiger partial charge on any atom is -0.379 e. The van der Waals surface area contributed by atoms with E-state index in [-0.39, 0.29) is 6.23 Å². The fourth-order valence-corrected chi connectivity index (χ4v) is 1.84. The van der Waals surface area contributed by atoms with Gasteiger partial charge in [0, 0.05) is 13.1 Å². The molecule has 1 unspecified atom stereocenters. The van der Waals surface area contributed by atoms with E-state index >= 15 is 0 Å². The molecule has 13 heavy (non-hydrogen) atoms. The van der Waals surface area contributed by atoms with Gasteiger partial charge in [-0.2, -0.15) is 0 Å². The Morgan fingerprint density at radius 3 is 2.69 bits per heavy atom. The van der Waals surface area contributed by atoms with Crippen molar-refractivity contribution in [1.29, 1.82) is 0 Å².